The van der Waals surface area contributed by atoms with E-state index in [1.807, 2.05) is 17.7 Å². The second-order valence-corrected chi connectivity index (χ2v) is 7.49. The lowest BCUT2D eigenvalue weighted by atomic mass is 10.2. The van der Waals surface area contributed by atoms with Crippen molar-refractivity contribution in [1.29, 1.82) is 0 Å². The molecule has 0 atom stereocenters. The van der Waals surface area contributed by atoms with Gasteiger partial charge in [0.15, 0.2) is 0 Å². The number of nitrogens with zero attached hydrogens (tertiary/aromatic N) is 4. The van der Waals surface area contributed by atoms with Gasteiger partial charge in [-0.05, 0) is 49.1 Å². The van der Waals surface area contributed by atoms with Crippen molar-refractivity contribution in [1.82, 2.24) is 19.7 Å². The Balaban J connectivity index is 1.52. The molecule has 0 amide bonds. The SMILES string of the molecule is Cc1cc(C)n(-c2ccc(CSc3ncnc4ccsc34)cc2)n1. The summed E-state index contributed by atoms with van der Waals surface area (Å²) in [6, 6.07) is 12.7. The van der Waals surface area contributed by atoms with E-state index in [0.717, 1.165) is 33.4 Å². The van der Waals surface area contributed by atoms with E-state index in [-0.39, 0.29) is 0 Å². The normalized spacial score (nSPS) is 11.2. The van der Waals surface area contributed by atoms with Gasteiger partial charge in [0.2, 0.25) is 0 Å². The van der Waals surface area contributed by atoms with Crippen molar-refractivity contribution in [2.45, 2.75) is 24.6 Å². The Hall–Kier alpha value is -2.18. The number of fused-ring (bicyclic) bond motifs is 1. The minimum Gasteiger partial charge on any atom is -0.238 e. The van der Waals surface area contributed by atoms with Gasteiger partial charge in [-0.25, -0.2) is 14.6 Å². The third-order valence-electron chi connectivity index (χ3n) is 3.78. The molecule has 0 aliphatic heterocycles. The lowest BCUT2D eigenvalue weighted by Gasteiger charge is -2.06. The fraction of sp³-hybridized carbons (Fsp3) is 0.167. The summed E-state index contributed by atoms with van der Waals surface area (Å²) in [6.07, 6.45) is 1.64. The van der Waals surface area contributed by atoms with E-state index in [1.165, 1.54) is 10.3 Å². The summed E-state index contributed by atoms with van der Waals surface area (Å²) in [5.74, 6) is 0.890. The highest BCUT2D eigenvalue weighted by Gasteiger charge is 2.07. The van der Waals surface area contributed by atoms with Crippen LogP contribution in [0.1, 0.15) is 17.0 Å². The van der Waals surface area contributed by atoms with E-state index in [1.54, 1.807) is 29.4 Å². The first kappa shape index (κ1) is 15.4. The van der Waals surface area contributed by atoms with Gasteiger partial charge in [-0.1, -0.05) is 12.1 Å². The molecule has 0 aliphatic rings. The monoisotopic (exact) mass is 352 g/mol. The maximum Gasteiger partial charge on any atom is 0.118 e. The molecule has 3 heterocycles. The fourth-order valence-electron chi connectivity index (χ4n) is 2.64. The zero-order chi connectivity index (χ0) is 16.5. The Morgan fingerprint density at radius 2 is 1.92 bits per heavy atom. The summed E-state index contributed by atoms with van der Waals surface area (Å²) >= 11 is 3.45. The fourth-order valence-corrected chi connectivity index (χ4v) is 4.55. The lowest BCUT2D eigenvalue weighted by molar-refractivity contribution is 0.833. The van der Waals surface area contributed by atoms with Crippen LogP contribution >= 0.6 is 23.1 Å². The molecule has 4 aromatic rings. The van der Waals surface area contributed by atoms with E-state index >= 15 is 0 Å². The molecule has 0 saturated heterocycles. The first-order valence-corrected chi connectivity index (χ1v) is 9.51. The maximum absolute atomic E-state index is 4.53. The summed E-state index contributed by atoms with van der Waals surface area (Å²) in [5, 5.41) is 7.64. The molecule has 1 aromatic carbocycles. The molecule has 3 aromatic heterocycles. The highest BCUT2D eigenvalue weighted by molar-refractivity contribution is 7.98. The van der Waals surface area contributed by atoms with E-state index in [9.17, 15) is 0 Å². The number of hydrogen-bond acceptors (Lipinski definition) is 5. The van der Waals surface area contributed by atoms with E-state index in [0.29, 0.717) is 0 Å². The average Bonchev–Trinajstić information content (AvgIpc) is 3.19. The quantitative estimate of drug-likeness (QED) is 0.391. The van der Waals surface area contributed by atoms with Crippen LogP contribution in [-0.2, 0) is 5.75 Å². The van der Waals surface area contributed by atoms with Crippen LogP contribution in [0.25, 0.3) is 15.9 Å². The van der Waals surface area contributed by atoms with Gasteiger partial charge >= 0.3 is 0 Å². The molecule has 0 bridgehead atoms. The highest BCUT2D eigenvalue weighted by Crippen LogP contribution is 2.30. The van der Waals surface area contributed by atoms with Crippen molar-refractivity contribution in [3.8, 4) is 5.69 Å². The summed E-state index contributed by atoms with van der Waals surface area (Å²) in [4.78, 5) is 8.71. The second kappa shape index (κ2) is 6.37. The van der Waals surface area contributed by atoms with Crippen LogP contribution in [0.15, 0.2) is 53.1 Å². The lowest BCUT2D eigenvalue weighted by Crippen LogP contribution is -1.98. The van der Waals surface area contributed by atoms with Crippen molar-refractivity contribution in [3.63, 3.8) is 0 Å². The predicted molar refractivity (Wildman–Crippen MR) is 100 cm³/mol. The van der Waals surface area contributed by atoms with Crippen LogP contribution < -0.4 is 0 Å². The Kier molecular flexibility index (Phi) is 4.08. The van der Waals surface area contributed by atoms with Crippen LogP contribution in [0, 0.1) is 13.8 Å². The van der Waals surface area contributed by atoms with E-state index in [2.05, 4.69) is 57.7 Å². The van der Waals surface area contributed by atoms with Gasteiger partial charge in [0, 0.05) is 11.4 Å². The Morgan fingerprint density at radius 3 is 2.67 bits per heavy atom. The minimum absolute atomic E-state index is 0.890. The van der Waals surface area contributed by atoms with Crippen molar-refractivity contribution in [2.75, 3.05) is 0 Å². The van der Waals surface area contributed by atoms with Gasteiger partial charge in [-0.15, -0.1) is 23.1 Å². The molecule has 24 heavy (non-hydrogen) atoms. The zero-order valence-corrected chi connectivity index (χ0v) is 15.1. The van der Waals surface area contributed by atoms with Gasteiger partial charge in [0.1, 0.15) is 11.4 Å². The van der Waals surface area contributed by atoms with Crippen LogP contribution in [0.4, 0.5) is 0 Å². The van der Waals surface area contributed by atoms with Gasteiger partial charge in [-0.3, -0.25) is 0 Å². The predicted octanol–water partition coefficient (Wildman–Crippen LogP) is 4.79. The van der Waals surface area contributed by atoms with E-state index < -0.39 is 0 Å². The molecule has 120 valence electrons. The number of rotatable bonds is 4. The minimum atomic E-state index is 0.890. The summed E-state index contributed by atoms with van der Waals surface area (Å²) in [5.41, 5.74) is 5.58. The third kappa shape index (κ3) is 2.95. The molecule has 0 radical (unpaired) electrons. The number of aromatic nitrogens is 4. The van der Waals surface area contributed by atoms with Crippen LogP contribution in [0.5, 0.6) is 0 Å². The molecular weight excluding hydrogens is 336 g/mol. The van der Waals surface area contributed by atoms with Gasteiger partial charge in [-0.2, -0.15) is 5.10 Å². The molecule has 0 aliphatic carbocycles. The zero-order valence-electron chi connectivity index (χ0n) is 13.4. The van der Waals surface area contributed by atoms with E-state index in [4.69, 9.17) is 0 Å². The molecule has 4 nitrogen and oxygen atoms in total. The van der Waals surface area contributed by atoms with Gasteiger partial charge in [0.05, 0.1) is 21.6 Å². The summed E-state index contributed by atoms with van der Waals surface area (Å²) in [6.45, 7) is 4.09. The van der Waals surface area contributed by atoms with Crippen molar-refractivity contribution >= 4 is 33.3 Å². The molecule has 4 rings (SSSR count). The smallest absolute Gasteiger partial charge is 0.118 e. The Morgan fingerprint density at radius 1 is 1.08 bits per heavy atom. The Bertz CT molecular complexity index is 986. The Labute approximate surface area is 148 Å². The largest absolute Gasteiger partial charge is 0.238 e. The van der Waals surface area contributed by atoms with Crippen LogP contribution in [-0.4, -0.2) is 19.7 Å². The summed E-state index contributed by atoms with van der Waals surface area (Å²) in [7, 11) is 0. The van der Waals surface area contributed by atoms with Gasteiger partial charge in [0.25, 0.3) is 0 Å². The number of aryl methyl sites for hydroxylation is 2. The highest BCUT2D eigenvalue weighted by atomic mass is 32.2. The van der Waals surface area contributed by atoms with Crippen LogP contribution in [0.2, 0.25) is 0 Å². The van der Waals surface area contributed by atoms with Gasteiger partial charge < -0.3 is 0 Å². The number of hydrogen-bond donors (Lipinski definition) is 0. The molecular formula is C18H16N4S2. The van der Waals surface area contributed by atoms with Crippen molar-refractivity contribution < 1.29 is 0 Å². The topological polar surface area (TPSA) is 43.6 Å². The molecule has 0 spiro atoms. The number of benzene rings is 1. The maximum atomic E-state index is 4.53. The standard InChI is InChI=1S/C18H16N4S2/c1-12-9-13(2)22(21-12)15-5-3-14(4-6-15)10-24-18-17-16(7-8-23-17)19-11-20-18/h3-9,11H,10H2,1-2H3. The van der Waals surface area contributed by atoms with Crippen LogP contribution in [0.3, 0.4) is 0 Å². The third-order valence-corrected chi connectivity index (χ3v) is 5.88. The molecule has 6 heteroatoms. The first-order valence-electron chi connectivity index (χ1n) is 7.64. The molecule has 0 N–H and O–H groups in total. The number of thiophene rings is 1. The molecule has 0 unspecified atom stereocenters. The second-order valence-electron chi connectivity index (χ2n) is 5.61. The van der Waals surface area contributed by atoms with Crippen molar-refractivity contribution in [2.24, 2.45) is 0 Å². The molecule has 0 saturated carbocycles. The average molecular weight is 352 g/mol. The summed E-state index contributed by atoms with van der Waals surface area (Å²) < 4.78 is 3.15. The van der Waals surface area contributed by atoms with Crippen molar-refractivity contribution in [3.05, 3.63) is 65.1 Å². The number of thioether (sulfide) groups is 1. The first-order chi connectivity index (χ1) is 11.7. The molecule has 0 fully saturated rings.